The summed E-state index contributed by atoms with van der Waals surface area (Å²) in [5, 5.41) is 3.84. The maximum Gasteiger partial charge on any atom is 0.130 e. The summed E-state index contributed by atoms with van der Waals surface area (Å²) in [4.78, 5) is 0. The van der Waals surface area contributed by atoms with Gasteiger partial charge in [0.15, 0.2) is 0 Å². The molecule has 0 saturated carbocycles. The monoisotopic (exact) mass is 412 g/mol. The molecule has 0 radical (unpaired) electrons. The molecule has 0 aliphatic rings. The van der Waals surface area contributed by atoms with E-state index >= 15 is 0 Å². The summed E-state index contributed by atoms with van der Waals surface area (Å²) < 4.78 is 14.9. The van der Waals surface area contributed by atoms with E-state index in [4.69, 9.17) is 0 Å². The minimum Gasteiger partial charge on any atom is -0.207 e. The summed E-state index contributed by atoms with van der Waals surface area (Å²) in [6.07, 6.45) is 0.662. The van der Waals surface area contributed by atoms with E-state index in [1.54, 1.807) is 12.1 Å². The quantitative estimate of drug-likeness (QED) is 0.340. The molecule has 0 saturated heterocycles. The van der Waals surface area contributed by atoms with Crippen molar-refractivity contribution in [2.24, 2.45) is 0 Å². The van der Waals surface area contributed by atoms with Crippen molar-refractivity contribution in [3.05, 3.63) is 125 Å². The maximum atomic E-state index is 14.9. The first-order valence-electron chi connectivity index (χ1n) is 10.3. The van der Waals surface area contributed by atoms with Crippen LogP contribution in [-0.2, 0) is 6.16 Å². The van der Waals surface area contributed by atoms with E-state index in [9.17, 15) is 4.39 Å². The maximum absolute atomic E-state index is 14.9. The second kappa shape index (κ2) is 8.54. The van der Waals surface area contributed by atoms with Crippen molar-refractivity contribution in [1.82, 2.24) is 0 Å². The lowest BCUT2D eigenvalue weighted by molar-refractivity contribution is 0.617. The molecule has 0 N–H and O–H groups in total. The van der Waals surface area contributed by atoms with Gasteiger partial charge in [-0.2, -0.15) is 0 Å². The van der Waals surface area contributed by atoms with Gasteiger partial charge < -0.3 is 0 Å². The summed E-state index contributed by atoms with van der Waals surface area (Å²) in [5.41, 5.74) is 4.47. The smallest absolute Gasteiger partial charge is 0.130 e. The van der Waals surface area contributed by atoms with Crippen molar-refractivity contribution < 1.29 is 4.39 Å². The fraction of sp³-hybridized carbons (Fsp3) is 0.143. The van der Waals surface area contributed by atoms with Gasteiger partial charge >= 0.3 is 0 Å². The Hall–Kier alpha value is -2.76. The van der Waals surface area contributed by atoms with Crippen LogP contribution < -0.4 is 15.9 Å². The predicted molar refractivity (Wildman–Crippen MR) is 129 cm³/mol. The topological polar surface area (TPSA) is 0 Å². The van der Waals surface area contributed by atoms with Gasteiger partial charge in [-0.15, -0.1) is 0 Å². The highest BCUT2D eigenvalue weighted by atomic mass is 31.2. The number of aryl methyl sites for hydroxylation is 3. The molecular weight excluding hydrogens is 385 g/mol. The average Bonchev–Trinajstić information content (AvgIpc) is 2.75. The number of halogens is 1. The Morgan fingerprint density at radius 3 is 1.27 bits per heavy atom. The largest absolute Gasteiger partial charge is 0.207 e. The van der Waals surface area contributed by atoms with Gasteiger partial charge in [0, 0.05) is 5.56 Å². The minimum absolute atomic E-state index is 0.131. The zero-order valence-electron chi connectivity index (χ0n) is 17.8. The number of hydrogen-bond acceptors (Lipinski definition) is 0. The third-order valence-electron chi connectivity index (χ3n) is 5.79. The Labute approximate surface area is 179 Å². The minimum atomic E-state index is -2.10. The van der Waals surface area contributed by atoms with E-state index in [2.05, 4.69) is 93.6 Å². The van der Waals surface area contributed by atoms with Crippen molar-refractivity contribution in [1.29, 1.82) is 0 Å². The van der Waals surface area contributed by atoms with Crippen LogP contribution in [0.3, 0.4) is 0 Å². The van der Waals surface area contributed by atoms with E-state index in [1.807, 2.05) is 12.1 Å². The summed E-state index contributed by atoms with van der Waals surface area (Å²) >= 11 is 0. The molecule has 4 rings (SSSR count). The summed E-state index contributed by atoms with van der Waals surface area (Å²) in [5.74, 6) is -0.131. The van der Waals surface area contributed by atoms with Crippen molar-refractivity contribution in [3.8, 4) is 0 Å². The standard InChI is InChI=1S/C28H27FP/c1-21-8-14-25(15-9-21)30(26-16-10-22(2)11-17-26,27-18-12-23(3)13-19-27)20-24-6-4-5-7-28(24)29/h4-19H,20H2,1-3H3/q+1/i29-1. The van der Waals surface area contributed by atoms with Crippen LogP contribution in [0.15, 0.2) is 97.1 Å². The summed E-state index contributed by atoms with van der Waals surface area (Å²) in [6.45, 7) is 6.33. The van der Waals surface area contributed by atoms with Gasteiger partial charge in [-0.1, -0.05) is 71.3 Å². The average molecular weight is 412 g/mol. The van der Waals surface area contributed by atoms with E-state index in [0.29, 0.717) is 6.16 Å². The molecule has 0 unspecified atom stereocenters. The van der Waals surface area contributed by atoms with E-state index in [-0.39, 0.29) is 5.82 Å². The SMILES string of the molecule is Cc1ccc([P+](Cc2ccccc2[18F])(c2ccc(C)cc2)c2ccc(C)cc2)cc1. The molecule has 0 bridgehead atoms. The first kappa shape index (κ1) is 20.5. The van der Waals surface area contributed by atoms with Crippen LogP contribution in [0, 0.1) is 26.6 Å². The van der Waals surface area contributed by atoms with E-state index in [1.165, 1.54) is 32.6 Å². The van der Waals surface area contributed by atoms with Crippen LogP contribution >= 0.6 is 7.26 Å². The number of benzene rings is 4. The third-order valence-corrected chi connectivity index (χ3v) is 10.1. The molecule has 0 spiro atoms. The van der Waals surface area contributed by atoms with Gasteiger partial charge in [0.1, 0.15) is 35.2 Å². The lowest BCUT2D eigenvalue weighted by Crippen LogP contribution is -2.33. The van der Waals surface area contributed by atoms with Crippen molar-refractivity contribution in [2.45, 2.75) is 26.9 Å². The lowest BCUT2D eigenvalue weighted by Gasteiger charge is -2.28. The molecule has 0 heterocycles. The van der Waals surface area contributed by atoms with Crippen LogP contribution in [0.25, 0.3) is 0 Å². The van der Waals surface area contributed by atoms with Crippen molar-refractivity contribution in [3.63, 3.8) is 0 Å². The van der Waals surface area contributed by atoms with Gasteiger partial charge in [-0.05, 0) is 63.2 Å². The molecule has 4 aromatic rings. The second-order valence-electron chi connectivity index (χ2n) is 8.07. The van der Waals surface area contributed by atoms with Crippen molar-refractivity contribution in [2.75, 3.05) is 0 Å². The Balaban J connectivity index is 2.03. The molecular formula is C28H27FP+. The molecule has 0 aliphatic heterocycles. The highest BCUT2D eigenvalue weighted by molar-refractivity contribution is 7.95. The predicted octanol–water partition coefficient (Wildman–Crippen LogP) is 6.25. The molecule has 2 heteroatoms. The van der Waals surface area contributed by atoms with Crippen LogP contribution in [0.1, 0.15) is 22.3 Å². The Morgan fingerprint density at radius 2 is 0.900 bits per heavy atom. The van der Waals surface area contributed by atoms with Gasteiger partial charge in [-0.3, -0.25) is 0 Å². The summed E-state index contributed by atoms with van der Waals surface area (Å²) in [6, 6.07) is 33.7. The zero-order valence-corrected chi connectivity index (χ0v) is 18.7. The number of hydrogen-bond donors (Lipinski definition) is 0. The molecule has 4 aromatic carbocycles. The molecule has 0 aliphatic carbocycles. The number of rotatable bonds is 5. The van der Waals surface area contributed by atoms with Crippen molar-refractivity contribution >= 4 is 23.2 Å². The zero-order chi connectivity index (χ0) is 21.1. The van der Waals surface area contributed by atoms with Crippen LogP contribution in [0.4, 0.5) is 4.39 Å². The lowest BCUT2D eigenvalue weighted by atomic mass is 10.2. The van der Waals surface area contributed by atoms with Gasteiger partial charge in [0.2, 0.25) is 0 Å². The molecule has 30 heavy (non-hydrogen) atoms. The van der Waals surface area contributed by atoms with Crippen LogP contribution in [0.5, 0.6) is 0 Å². The third kappa shape index (κ3) is 3.95. The molecule has 0 aromatic heterocycles. The van der Waals surface area contributed by atoms with Gasteiger partial charge in [0.05, 0.1) is 0 Å². The summed E-state index contributed by atoms with van der Waals surface area (Å²) in [7, 11) is -2.10. The molecule has 0 atom stereocenters. The highest BCUT2D eigenvalue weighted by Gasteiger charge is 2.46. The molecule has 0 nitrogen and oxygen atoms in total. The van der Waals surface area contributed by atoms with E-state index < -0.39 is 7.26 Å². The van der Waals surface area contributed by atoms with Gasteiger partial charge in [-0.25, -0.2) is 4.39 Å². The Bertz CT molecular complexity index is 1020. The normalized spacial score (nSPS) is 11.5. The fourth-order valence-electron chi connectivity index (χ4n) is 4.00. The van der Waals surface area contributed by atoms with E-state index in [0.717, 1.165) is 5.56 Å². The Morgan fingerprint density at radius 1 is 0.533 bits per heavy atom. The van der Waals surface area contributed by atoms with Gasteiger partial charge in [0.25, 0.3) is 0 Å². The van der Waals surface area contributed by atoms with Crippen LogP contribution in [-0.4, -0.2) is 0 Å². The Kier molecular flexibility index (Phi) is 5.84. The molecule has 150 valence electrons. The molecule has 0 amide bonds. The van der Waals surface area contributed by atoms with Crippen LogP contribution in [0.2, 0.25) is 0 Å². The highest BCUT2D eigenvalue weighted by Crippen LogP contribution is 2.58. The first-order valence-corrected chi connectivity index (χ1v) is 12.3. The second-order valence-corrected chi connectivity index (χ2v) is 11.6. The first-order chi connectivity index (χ1) is 14.5. The molecule has 0 fully saturated rings. The fourth-order valence-corrected chi connectivity index (χ4v) is 8.18.